The van der Waals surface area contributed by atoms with Gasteiger partial charge >= 0.3 is 23.9 Å². The van der Waals surface area contributed by atoms with E-state index < -0.39 is 35.7 Å². The van der Waals surface area contributed by atoms with E-state index in [1.54, 1.807) is 0 Å². The summed E-state index contributed by atoms with van der Waals surface area (Å²) in [4.78, 5) is 46.9. The van der Waals surface area contributed by atoms with Crippen molar-refractivity contribution < 1.29 is 28.7 Å². The molecule has 0 aromatic heterocycles. The zero-order chi connectivity index (χ0) is 14.0. The molecular formula is C16H22O6. The Morgan fingerprint density at radius 2 is 1.23 bits per heavy atom. The van der Waals surface area contributed by atoms with Gasteiger partial charge in [-0.3, -0.25) is 19.2 Å². The van der Waals surface area contributed by atoms with Gasteiger partial charge in [0, 0.05) is 0 Å². The maximum atomic E-state index is 11.9. The summed E-state index contributed by atoms with van der Waals surface area (Å²) in [5.41, 5.74) is 0. The third kappa shape index (κ3) is 2.08. The van der Waals surface area contributed by atoms with E-state index in [0.717, 1.165) is 6.42 Å². The molecule has 0 spiro atoms. The predicted octanol–water partition coefficient (Wildman–Crippen LogP) is 1.71. The molecule has 2 saturated heterocycles. The summed E-state index contributed by atoms with van der Waals surface area (Å²) in [5.74, 6) is -3.18. The Morgan fingerprint density at radius 1 is 0.682 bits per heavy atom. The van der Waals surface area contributed by atoms with Gasteiger partial charge < -0.3 is 9.47 Å². The van der Waals surface area contributed by atoms with Gasteiger partial charge in [0.25, 0.3) is 0 Å². The Hall–Kier alpha value is -1.72. The van der Waals surface area contributed by atoms with Crippen molar-refractivity contribution in [3.63, 3.8) is 0 Å². The van der Waals surface area contributed by atoms with Crippen molar-refractivity contribution in [3.05, 3.63) is 0 Å². The minimum absolute atomic E-state index is 0. The van der Waals surface area contributed by atoms with Crippen molar-refractivity contribution in [2.75, 3.05) is 0 Å². The fourth-order valence-corrected chi connectivity index (χ4v) is 4.58. The van der Waals surface area contributed by atoms with E-state index in [1.807, 2.05) is 0 Å². The van der Waals surface area contributed by atoms with Crippen LogP contribution in [-0.4, -0.2) is 23.9 Å². The molecule has 2 aliphatic carbocycles. The Balaban J connectivity index is 0.000000882. The zero-order valence-electron chi connectivity index (χ0n) is 10.7. The minimum Gasteiger partial charge on any atom is -0.393 e. The van der Waals surface area contributed by atoms with Gasteiger partial charge in [-0.2, -0.15) is 0 Å². The van der Waals surface area contributed by atoms with Crippen LogP contribution in [-0.2, 0) is 28.7 Å². The lowest BCUT2D eigenvalue weighted by Crippen LogP contribution is -2.43. The lowest BCUT2D eigenvalue weighted by atomic mass is 9.58. The lowest BCUT2D eigenvalue weighted by Gasteiger charge is -2.42. The third-order valence-corrected chi connectivity index (χ3v) is 5.50. The van der Waals surface area contributed by atoms with Gasteiger partial charge in [0.05, 0.1) is 23.7 Å². The third-order valence-electron chi connectivity index (χ3n) is 5.50. The predicted molar refractivity (Wildman–Crippen MR) is 75.1 cm³/mol. The van der Waals surface area contributed by atoms with Crippen LogP contribution in [0.3, 0.4) is 0 Å². The quantitative estimate of drug-likeness (QED) is 0.500. The molecule has 6 heteroatoms. The highest BCUT2D eigenvalue weighted by molar-refractivity contribution is 5.98. The van der Waals surface area contributed by atoms with Crippen LogP contribution in [0.15, 0.2) is 0 Å². The highest BCUT2D eigenvalue weighted by Gasteiger charge is 2.59. The first kappa shape index (κ1) is 16.6. The lowest BCUT2D eigenvalue weighted by molar-refractivity contribution is -0.156. The van der Waals surface area contributed by atoms with E-state index in [1.165, 1.54) is 0 Å². The molecule has 4 rings (SSSR count). The average Bonchev–Trinajstić information content (AvgIpc) is 2.86. The van der Waals surface area contributed by atoms with Crippen LogP contribution >= 0.6 is 0 Å². The van der Waals surface area contributed by atoms with E-state index in [2.05, 4.69) is 0 Å². The Bertz CT molecular complexity index is 533. The second-order valence-corrected chi connectivity index (χ2v) is 6.30. The van der Waals surface area contributed by atoms with Crippen molar-refractivity contribution in [1.82, 2.24) is 0 Å². The van der Waals surface area contributed by atoms with Crippen LogP contribution in [0.2, 0.25) is 0 Å². The van der Waals surface area contributed by atoms with Gasteiger partial charge in [0.1, 0.15) is 0 Å². The van der Waals surface area contributed by atoms with Gasteiger partial charge in [-0.1, -0.05) is 14.9 Å². The van der Waals surface area contributed by atoms with Crippen LogP contribution in [0.5, 0.6) is 0 Å². The van der Waals surface area contributed by atoms with E-state index in [-0.39, 0.29) is 38.5 Å². The summed E-state index contributed by atoms with van der Waals surface area (Å²) < 4.78 is 9.47. The Kier molecular flexibility index (Phi) is 4.15. The van der Waals surface area contributed by atoms with Crippen molar-refractivity contribution in [3.8, 4) is 0 Å². The van der Waals surface area contributed by atoms with Crippen LogP contribution < -0.4 is 0 Å². The molecule has 0 amide bonds. The number of esters is 4. The van der Waals surface area contributed by atoms with Gasteiger partial charge in [0.15, 0.2) is 0 Å². The molecule has 2 saturated carbocycles. The summed E-state index contributed by atoms with van der Waals surface area (Å²) in [6.07, 6.45) is 2.49. The Morgan fingerprint density at radius 3 is 1.91 bits per heavy atom. The highest BCUT2D eigenvalue weighted by atomic mass is 16.6. The molecule has 4 aliphatic rings. The van der Waals surface area contributed by atoms with Crippen LogP contribution in [0.1, 0.15) is 40.5 Å². The molecule has 6 atom stereocenters. The molecule has 0 bridgehead atoms. The van der Waals surface area contributed by atoms with E-state index in [9.17, 15) is 19.2 Å². The molecule has 22 heavy (non-hydrogen) atoms. The summed E-state index contributed by atoms with van der Waals surface area (Å²) >= 11 is 0. The fourth-order valence-electron chi connectivity index (χ4n) is 4.58. The standard InChI is InChI=1S/C14H14O6.2CH4/c15-11-6-2-1-5-3-8-9(13(17)19-12(8)16)4-7(5)10(6)14(18)20-11;;/h5-10H,1-4H2;2*1H4. The number of carbonyl (C=O) groups is 4. The molecule has 0 aromatic rings. The van der Waals surface area contributed by atoms with E-state index in [4.69, 9.17) is 9.47 Å². The van der Waals surface area contributed by atoms with Gasteiger partial charge in [0.2, 0.25) is 0 Å². The number of cyclic esters (lactones) is 4. The number of fused-ring (bicyclic) bond motifs is 4. The molecule has 6 unspecified atom stereocenters. The monoisotopic (exact) mass is 310 g/mol. The fraction of sp³-hybridized carbons (Fsp3) is 0.750. The van der Waals surface area contributed by atoms with Gasteiger partial charge in [-0.05, 0) is 37.5 Å². The van der Waals surface area contributed by atoms with Crippen LogP contribution in [0.25, 0.3) is 0 Å². The van der Waals surface area contributed by atoms with Crippen LogP contribution in [0, 0.1) is 35.5 Å². The van der Waals surface area contributed by atoms with Gasteiger partial charge in [-0.25, -0.2) is 0 Å². The van der Waals surface area contributed by atoms with Crippen molar-refractivity contribution in [2.24, 2.45) is 35.5 Å². The molecular weight excluding hydrogens is 288 g/mol. The molecule has 0 aromatic carbocycles. The number of hydrogen-bond donors (Lipinski definition) is 0. The maximum absolute atomic E-state index is 11.9. The minimum atomic E-state index is -0.474. The number of hydrogen-bond acceptors (Lipinski definition) is 6. The summed E-state index contributed by atoms with van der Waals surface area (Å²) in [5, 5.41) is 0. The van der Waals surface area contributed by atoms with E-state index >= 15 is 0 Å². The van der Waals surface area contributed by atoms with Gasteiger partial charge in [-0.15, -0.1) is 0 Å². The Labute approximate surface area is 129 Å². The average molecular weight is 310 g/mol. The van der Waals surface area contributed by atoms with E-state index in [0.29, 0.717) is 19.3 Å². The van der Waals surface area contributed by atoms with Crippen LogP contribution in [0.4, 0.5) is 0 Å². The largest absolute Gasteiger partial charge is 0.393 e. The second kappa shape index (κ2) is 5.48. The maximum Gasteiger partial charge on any atom is 0.317 e. The summed E-state index contributed by atoms with van der Waals surface area (Å²) in [7, 11) is 0. The molecule has 2 heterocycles. The highest BCUT2D eigenvalue weighted by Crippen LogP contribution is 2.53. The number of carbonyl (C=O) groups excluding carboxylic acids is 4. The van der Waals surface area contributed by atoms with Crippen molar-refractivity contribution in [1.29, 1.82) is 0 Å². The zero-order valence-corrected chi connectivity index (χ0v) is 10.7. The molecule has 4 fully saturated rings. The number of ether oxygens (including phenoxy) is 2. The first-order chi connectivity index (χ1) is 9.56. The molecule has 0 N–H and O–H groups in total. The number of rotatable bonds is 0. The summed E-state index contributed by atoms with van der Waals surface area (Å²) in [6, 6.07) is 0. The molecule has 6 nitrogen and oxygen atoms in total. The first-order valence-electron chi connectivity index (χ1n) is 7.07. The topological polar surface area (TPSA) is 86.7 Å². The molecule has 2 aliphatic heterocycles. The summed E-state index contributed by atoms with van der Waals surface area (Å²) in [6.45, 7) is 0. The second-order valence-electron chi connectivity index (χ2n) is 6.30. The van der Waals surface area contributed by atoms with Crippen molar-refractivity contribution in [2.45, 2.75) is 40.5 Å². The van der Waals surface area contributed by atoms with Crippen molar-refractivity contribution >= 4 is 23.9 Å². The molecule has 122 valence electrons. The first-order valence-corrected chi connectivity index (χ1v) is 7.07. The smallest absolute Gasteiger partial charge is 0.317 e. The SMILES string of the molecule is C.C.O=C1OC(=O)C2CC3C(CCC4C(=O)OC(=O)C43)CC12. The molecule has 0 radical (unpaired) electrons. The normalized spacial score (nSPS) is 42.2.